The number of nitrogens with one attached hydrogen (secondary N) is 3. The number of amides is 1. The lowest BCUT2D eigenvalue weighted by molar-refractivity contribution is -0.120. The van der Waals surface area contributed by atoms with Gasteiger partial charge in [0.05, 0.1) is 5.39 Å². The molecule has 0 radical (unpaired) electrons. The molecule has 1 amide bonds. The molecule has 2 aromatic heterocycles. The average Bonchev–Trinajstić information content (AvgIpc) is 2.85. The van der Waals surface area contributed by atoms with Gasteiger partial charge in [-0.05, 0) is 19.1 Å². The third kappa shape index (κ3) is 2.76. The first-order valence-corrected chi connectivity index (χ1v) is 7.77. The molecule has 114 valence electrons. The number of carbonyl (C=O) groups is 1. The van der Waals surface area contributed by atoms with Gasteiger partial charge in [-0.2, -0.15) is 0 Å². The summed E-state index contributed by atoms with van der Waals surface area (Å²) in [4.78, 5) is 23.4. The summed E-state index contributed by atoms with van der Waals surface area (Å²) in [6.07, 6.45) is 1.90. The molecule has 1 aromatic carbocycles. The molecule has 0 saturated carbocycles. The highest BCUT2D eigenvalue weighted by molar-refractivity contribution is 9.10. The first kappa shape index (κ1) is 14.8. The number of benzene rings is 1. The first-order chi connectivity index (χ1) is 10.6. The van der Waals surface area contributed by atoms with E-state index >= 15 is 0 Å². The van der Waals surface area contributed by atoms with E-state index in [1.807, 2.05) is 25.1 Å². The van der Waals surface area contributed by atoms with E-state index in [9.17, 15) is 4.79 Å². The van der Waals surface area contributed by atoms with Crippen molar-refractivity contribution in [2.75, 3.05) is 12.4 Å². The van der Waals surface area contributed by atoms with Gasteiger partial charge in [-0.15, -0.1) is 0 Å². The predicted octanol–water partition coefficient (Wildman–Crippen LogP) is 2.81. The lowest BCUT2D eigenvalue weighted by Gasteiger charge is -2.14. The van der Waals surface area contributed by atoms with Crippen molar-refractivity contribution in [2.45, 2.75) is 19.4 Å². The van der Waals surface area contributed by atoms with Crippen LogP contribution in [0.3, 0.4) is 0 Å². The fraction of sp³-hybridized carbons (Fsp3) is 0.267. The standard InChI is InChI=1S/C15H16BrN5O/c1-8(5-12(22)17-2)20-14-13-10-4-3-9(16)6-11(10)21-15(13)19-7-18-14/h3-4,6-8H,5H2,1-2H3,(H,17,22)(H2,18,19,20,21)/t8-/m1/s1. The van der Waals surface area contributed by atoms with Crippen LogP contribution in [0.4, 0.5) is 5.82 Å². The van der Waals surface area contributed by atoms with Gasteiger partial charge in [0.1, 0.15) is 17.8 Å². The minimum Gasteiger partial charge on any atom is -0.366 e. The maximum Gasteiger partial charge on any atom is 0.221 e. The highest BCUT2D eigenvalue weighted by Gasteiger charge is 2.14. The van der Waals surface area contributed by atoms with Crippen molar-refractivity contribution in [3.05, 3.63) is 29.0 Å². The summed E-state index contributed by atoms with van der Waals surface area (Å²) >= 11 is 3.47. The summed E-state index contributed by atoms with van der Waals surface area (Å²) in [5.74, 6) is 0.725. The van der Waals surface area contributed by atoms with Gasteiger partial charge in [0.15, 0.2) is 0 Å². The van der Waals surface area contributed by atoms with Crippen molar-refractivity contribution in [2.24, 2.45) is 0 Å². The van der Waals surface area contributed by atoms with E-state index in [1.165, 1.54) is 6.33 Å². The largest absolute Gasteiger partial charge is 0.366 e. The fourth-order valence-electron chi connectivity index (χ4n) is 2.47. The van der Waals surface area contributed by atoms with Gasteiger partial charge in [-0.25, -0.2) is 9.97 Å². The Morgan fingerprint density at radius 2 is 2.23 bits per heavy atom. The van der Waals surface area contributed by atoms with Crippen molar-refractivity contribution in [1.29, 1.82) is 0 Å². The fourth-order valence-corrected chi connectivity index (χ4v) is 2.84. The number of fused-ring (bicyclic) bond motifs is 3. The third-order valence-corrected chi connectivity index (χ3v) is 4.00. The molecule has 3 aromatic rings. The monoisotopic (exact) mass is 361 g/mol. The number of anilines is 1. The van der Waals surface area contributed by atoms with E-state index < -0.39 is 0 Å². The van der Waals surface area contributed by atoms with Gasteiger partial charge in [0, 0.05) is 34.9 Å². The summed E-state index contributed by atoms with van der Waals surface area (Å²) in [7, 11) is 1.63. The molecule has 0 bridgehead atoms. The molecule has 0 unspecified atom stereocenters. The summed E-state index contributed by atoms with van der Waals surface area (Å²) in [5, 5.41) is 7.91. The molecule has 6 nitrogen and oxygen atoms in total. The first-order valence-electron chi connectivity index (χ1n) is 6.97. The summed E-state index contributed by atoms with van der Waals surface area (Å²) in [5.41, 5.74) is 1.77. The lowest BCUT2D eigenvalue weighted by atomic mass is 10.2. The van der Waals surface area contributed by atoms with Crippen LogP contribution in [0.5, 0.6) is 0 Å². The quantitative estimate of drug-likeness (QED) is 0.667. The SMILES string of the molecule is CNC(=O)C[C@@H](C)Nc1ncnc2[nH]c3cc(Br)ccc3c12. The Hall–Kier alpha value is -2.15. The second-order valence-corrected chi connectivity index (χ2v) is 6.10. The van der Waals surface area contributed by atoms with Gasteiger partial charge >= 0.3 is 0 Å². The van der Waals surface area contributed by atoms with Gasteiger partial charge in [0.25, 0.3) is 0 Å². The molecule has 0 spiro atoms. The Bertz CT molecular complexity index is 844. The number of nitrogens with zero attached hydrogens (tertiary/aromatic N) is 2. The van der Waals surface area contributed by atoms with Crippen molar-refractivity contribution < 1.29 is 4.79 Å². The van der Waals surface area contributed by atoms with Crippen LogP contribution in [0.15, 0.2) is 29.0 Å². The molecule has 0 aliphatic rings. The highest BCUT2D eigenvalue weighted by atomic mass is 79.9. The predicted molar refractivity (Wildman–Crippen MR) is 90.9 cm³/mol. The second kappa shape index (κ2) is 5.92. The molecule has 2 heterocycles. The molecule has 3 rings (SSSR count). The van der Waals surface area contributed by atoms with Crippen LogP contribution in [-0.4, -0.2) is 33.9 Å². The highest BCUT2D eigenvalue weighted by Crippen LogP contribution is 2.30. The maximum atomic E-state index is 11.5. The van der Waals surface area contributed by atoms with E-state index in [0.717, 1.165) is 32.2 Å². The van der Waals surface area contributed by atoms with Crippen LogP contribution in [0.1, 0.15) is 13.3 Å². The number of aromatic nitrogens is 3. The number of aromatic amines is 1. The molecule has 0 aliphatic carbocycles. The Kier molecular flexibility index (Phi) is 3.98. The number of carbonyl (C=O) groups excluding carboxylic acids is 1. The zero-order valence-electron chi connectivity index (χ0n) is 12.3. The number of halogens is 1. The molecule has 0 fully saturated rings. The van der Waals surface area contributed by atoms with Crippen LogP contribution >= 0.6 is 15.9 Å². The zero-order valence-corrected chi connectivity index (χ0v) is 13.9. The van der Waals surface area contributed by atoms with Crippen molar-refractivity contribution in [1.82, 2.24) is 20.3 Å². The third-order valence-electron chi connectivity index (χ3n) is 3.50. The van der Waals surface area contributed by atoms with Gasteiger partial charge in [-0.1, -0.05) is 22.0 Å². The van der Waals surface area contributed by atoms with Gasteiger partial charge in [-0.3, -0.25) is 4.79 Å². The van der Waals surface area contributed by atoms with Crippen LogP contribution in [0.2, 0.25) is 0 Å². The normalized spacial score (nSPS) is 12.5. The molecule has 22 heavy (non-hydrogen) atoms. The van der Waals surface area contributed by atoms with Gasteiger partial charge < -0.3 is 15.6 Å². The van der Waals surface area contributed by atoms with Crippen LogP contribution < -0.4 is 10.6 Å². The summed E-state index contributed by atoms with van der Waals surface area (Å²) in [6.45, 7) is 1.95. The Balaban J connectivity index is 2.02. The molecule has 1 atom stereocenters. The van der Waals surface area contributed by atoms with Crippen molar-refractivity contribution >= 4 is 49.6 Å². The zero-order chi connectivity index (χ0) is 15.7. The molecular weight excluding hydrogens is 346 g/mol. The van der Waals surface area contributed by atoms with E-state index in [-0.39, 0.29) is 11.9 Å². The number of H-pyrrole nitrogens is 1. The Labute approximate surface area is 135 Å². The van der Waals surface area contributed by atoms with Crippen molar-refractivity contribution in [3.63, 3.8) is 0 Å². The lowest BCUT2D eigenvalue weighted by Crippen LogP contribution is -2.27. The minimum atomic E-state index is -0.0292. The molecular formula is C15H16BrN5O. The summed E-state index contributed by atoms with van der Waals surface area (Å²) in [6, 6.07) is 5.99. The van der Waals surface area contributed by atoms with Crippen molar-refractivity contribution in [3.8, 4) is 0 Å². The average molecular weight is 362 g/mol. The van der Waals surface area contributed by atoms with E-state index in [2.05, 4.69) is 41.5 Å². The number of hydrogen-bond donors (Lipinski definition) is 3. The number of hydrogen-bond acceptors (Lipinski definition) is 4. The minimum absolute atomic E-state index is 0.00634. The van der Waals surface area contributed by atoms with Gasteiger partial charge in [0.2, 0.25) is 5.91 Å². The van der Waals surface area contributed by atoms with E-state index in [1.54, 1.807) is 7.05 Å². The topological polar surface area (TPSA) is 82.7 Å². The second-order valence-electron chi connectivity index (χ2n) is 5.18. The molecule has 3 N–H and O–H groups in total. The molecule has 0 saturated heterocycles. The van der Waals surface area contributed by atoms with E-state index in [4.69, 9.17) is 0 Å². The summed E-state index contributed by atoms with van der Waals surface area (Å²) < 4.78 is 1.00. The Morgan fingerprint density at radius 3 is 3.00 bits per heavy atom. The molecule has 0 aliphatic heterocycles. The van der Waals surface area contributed by atoms with Crippen LogP contribution in [-0.2, 0) is 4.79 Å². The maximum absolute atomic E-state index is 11.5. The smallest absolute Gasteiger partial charge is 0.221 e. The number of rotatable bonds is 4. The Morgan fingerprint density at radius 1 is 1.41 bits per heavy atom. The molecule has 7 heteroatoms. The van der Waals surface area contributed by atoms with Crippen LogP contribution in [0.25, 0.3) is 21.9 Å². The van der Waals surface area contributed by atoms with Crippen LogP contribution in [0, 0.1) is 0 Å². The van der Waals surface area contributed by atoms with E-state index in [0.29, 0.717) is 6.42 Å².